The van der Waals surface area contributed by atoms with Crippen molar-refractivity contribution in [3.63, 3.8) is 0 Å². The fraction of sp³-hybridized carbons (Fsp3) is 0.310. The molecule has 2 aliphatic rings. The van der Waals surface area contributed by atoms with Crippen LogP contribution in [0.1, 0.15) is 69.5 Å². The summed E-state index contributed by atoms with van der Waals surface area (Å²) in [5.74, 6) is 0.663. The summed E-state index contributed by atoms with van der Waals surface area (Å²) in [4.78, 5) is 24.3. The average Bonchev–Trinajstić information content (AvgIpc) is 2.89. The van der Waals surface area contributed by atoms with Crippen LogP contribution in [0.3, 0.4) is 0 Å². The summed E-state index contributed by atoms with van der Waals surface area (Å²) < 4.78 is 0. The highest BCUT2D eigenvalue weighted by Crippen LogP contribution is 2.26. The number of carbonyl (C=O) groups is 2. The lowest BCUT2D eigenvalue weighted by Crippen LogP contribution is -2.13. The van der Waals surface area contributed by atoms with E-state index in [2.05, 4.69) is 54.6 Å². The van der Waals surface area contributed by atoms with E-state index in [9.17, 15) is 9.59 Å². The summed E-state index contributed by atoms with van der Waals surface area (Å²) in [5.41, 5.74) is 9.97. The number of benzene rings is 2. The van der Waals surface area contributed by atoms with Gasteiger partial charge in [0.2, 0.25) is 5.91 Å². The number of fused-ring (bicyclic) bond motifs is 1. The zero-order valence-electron chi connectivity index (χ0n) is 18.5. The van der Waals surface area contributed by atoms with E-state index in [-0.39, 0.29) is 5.78 Å². The van der Waals surface area contributed by atoms with E-state index in [4.69, 9.17) is 5.73 Å². The molecule has 2 aromatic rings. The lowest BCUT2D eigenvalue weighted by Gasteiger charge is -2.15. The van der Waals surface area contributed by atoms with E-state index < -0.39 is 5.91 Å². The standard InChI is InChI=1S/C29H31NO2/c30-29(32)26-17-16-25-8-4-7-23(15-18-28(31)27(25)20-26)19-24-13-11-22(12-14-24)10-9-21-5-2-1-3-6-21/h1-5,8,11-14,16-17,20-21,23H,6-7,9-10,15,18-19H2,(H2,30,32). The zero-order chi connectivity index (χ0) is 22.3. The Balaban J connectivity index is 1.36. The van der Waals surface area contributed by atoms with Crippen LogP contribution in [0.5, 0.6) is 0 Å². The molecule has 32 heavy (non-hydrogen) atoms. The third-order valence-corrected chi connectivity index (χ3v) is 6.61. The summed E-state index contributed by atoms with van der Waals surface area (Å²) in [5, 5.41) is 0. The van der Waals surface area contributed by atoms with E-state index in [1.54, 1.807) is 12.1 Å². The molecule has 2 atom stereocenters. The van der Waals surface area contributed by atoms with Crippen LogP contribution in [-0.4, -0.2) is 11.7 Å². The van der Waals surface area contributed by atoms with Crippen LogP contribution in [0, 0.1) is 11.8 Å². The maximum atomic E-state index is 12.8. The minimum atomic E-state index is -0.502. The molecule has 0 aromatic heterocycles. The molecule has 3 nitrogen and oxygen atoms in total. The molecule has 4 rings (SSSR count). The number of nitrogens with two attached hydrogens (primary N) is 1. The fourth-order valence-electron chi connectivity index (χ4n) is 4.63. The number of aryl methyl sites for hydroxylation is 1. The summed E-state index contributed by atoms with van der Waals surface area (Å²) in [7, 11) is 0. The van der Waals surface area contributed by atoms with E-state index in [0.717, 1.165) is 37.7 Å². The summed E-state index contributed by atoms with van der Waals surface area (Å²) in [6, 6.07) is 14.2. The molecule has 0 aliphatic heterocycles. The molecular weight excluding hydrogens is 394 g/mol. The van der Waals surface area contributed by atoms with Gasteiger partial charge >= 0.3 is 0 Å². The molecule has 0 fully saturated rings. The number of rotatable bonds is 6. The summed E-state index contributed by atoms with van der Waals surface area (Å²) in [6.45, 7) is 0. The Morgan fingerprint density at radius 2 is 1.78 bits per heavy atom. The third-order valence-electron chi connectivity index (χ3n) is 6.61. The molecule has 2 N–H and O–H groups in total. The van der Waals surface area contributed by atoms with E-state index in [1.165, 1.54) is 17.5 Å². The van der Waals surface area contributed by atoms with Crippen LogP contribution >= 0.6 is 0 Å². The summed E-state index contributed by atoms with van der Waals surface area (Å²) >= 11 is 0. The maximum absolute atomic E-state index is 12.8. The second-order valence-corrected chi connectivity index (χ2v) is 9.00. The van der Waals surface area contributed by atoms with Crippen molar-refractivity contribution in [1.29, 1.82) is 0 Å². The maximum Gasteiger partial charge on any atom is 0.248 e. The van der Waals surface area contributed by atoms with Crippen LogP contribution in [0.2, 0.25) is 0 Å². The van der Waals surface area contributed by atoms with Crippen molar-refractivity contribution in [3.05, 3.63) is 101 Å². The Labute approximate surface area is 190 Å². The van der Waals surface area contributed by atoms with Gasteiger partial charge in [0.05, 0.1) is 0 Å². The van der Waals surface area contributed by atoms with Gasteiger partial charge in [-0.3, -0.25) is 9.59 Å². The van der Waals surface area contributed by atoms with Crippen molar-refractivity contribution in [1.82, 2.24) is 0 Å². The van der Waals surface area contributed by atoms with Crippen LogP contribution < -0.4 is 5.73 Å². The highest BCUT2D eigenvalue weighted by atomic mass is 16.1. The lowest BCUT2D eigenvalue weighted by atomic mass is 9.89. The van der Waals surface area contributed by atoms with E-state index in [0.29, 0.717) is 29.4 Å². The molecular formula is C29H31NO2. The van der Waals surface area contributed by atoms with Gasteiger partial charge in [0.1, 0.15) is 0 Å². The Bertz CT molecular complexity index is 1060. The van der Waals surface area contributed by atoms with Crippen LogP contribution in [0.25, 0.3) is 6.08 Å². The zero-order valence-corrected chi connectivity index (χ0v) is 18.5. The molecule has 2 aliphatic carbocycles. The largest absolute Gasteiger partial charge is 0.366 e. The van der Waals surface area contributed by atoms with Crippen LogP contribution in [0.4, 0.5) is 0 Å². The molecule has 0 saturated carbocycles. The highest BCUT2D eigenvalue weighted by molar-refractivity contribution is 6.02. The molecule has 0 radical (unpaired) electrons. The van der Waals surface area contributed by atoms with Crippen molar-refractivity contribution >= 4 is 17.8 Å². The van der Waals surface area contributed by atoms with Gasteiger partial charge in [-0.05, 0) is 79.2 Å². The molecule has 0 bridgehead atoms. The number of ketones is 1. The number of primary amides is 1. The van der Waals surface area contributed by atoms with Crippen LogP contribution in [-0.2, 0) is 12.8 Å². The minimum Gasteiger partial charge on any atom is -0.366 e. The predicted octanol–water partition coefficient (Wildman–Crippen LogP) is 6.09. The molecule has 1 amide bonds. The molecule has 0 heterocycles. The van der Waals surface area contributed by atoms with Gasteiger partial charge in [0.15, 0.2) is 5.78 Å². The van der Waals surface area contributed by atoms with Gasteiger partial charge in [-0.1, -0.05) is 66.8 Å². The van der Waals surface area contributed by atoms with E-state index in [1.807, 2.05) is 12.1 Å². The number of carbonyl (C=O) groups excluding carboxylic acids is 2. The number of hydrogen-bond acceptors (Lipinski definition) is 2. The average molecular weight is 426 g/mol. The first-order chi connectivity index (χ1) is 15.6. The first-order valence-electron chi connectivity index (χ1n) is 11.6. The number of Topliss-reactive ketones (excluding diaryl/α,β-unsaturated/α-hetero) is 1. The predicted molar refractivity (Wildman–Crippen MR) is 131 cm³/mol. The van der Waals surface area contributed by atoms with Crippen molar-refractivity contribution < 1.29 is 9.59 Å². The van der Waals surface area contributed by atoms with Gasteiger partial charge in [0.25, 0.3) is 0 Å². The molecule has 2 aromatic carbocycles. The Hall–Kier alpha value is -3.20. The van der Waals surface area contributed by atoms with Crippen molar-refractivity contribution in [2.75, 3.05) is 0 Å². The van der Waals surface area contributed by atoms with E-state index >= 15 is 0 Å². The molecule has 3 heteroatoms. The Morgan fingerprint density at radius 3 is 2.53 bits per heavy atom. The Morgan fingerprint density at radius 1 is 0.969 bits per heavy atom. The molecule has 2 unspecified atom stereocenters. The highest BCUT2D eigenvalue weighted by Gasteiger charge is 2.18. The quantitative estimate of drug-likeness (QED) is 0.609. The van der Waals surface area contributed by atoms with Gasteiger partial charge < -0.3 is 5.73 Å². The first kappa shape index (κ1) is 22.0. The molecule has 164 valence electrons. The molecule has 0 saturated heterocycles. The third kappa shape index (κ3) is 5.73. The van der Waals surface area contributed by atoms with Gasteiger partial charge in [0, 0.05) is 17.5 Å². The SMILES string of the molecule is NC(=O)c1ccc2c(c1)C(=O)CCC(Cc1ccc(CCC3C=CC=CC3)cc1)CC=C2. The smallest absolute Gasteiger partial charge is 0.248 e. The Kier molecular flexibility index (Phi) is 7.16. The second-order valence-electron chi connectivity index (χ2n) is 9.00. The number of allylic oxidation sites excluding steroid dienone is 5. The second kappa shape index (κ2) is 10.4. The normalized spacial score (nSPS) is 20.3. The van der Waals surface area contributed by atoms with Crippen LogP contribution in [0.15, 0.2) is 72.8 Å². The fourth-order valence-corrected chi connectivity index (χ4v) is 4.63. The van der Waals surface area contributed by atoms with Crippen molar-refractivity contribution in [2.45, 2.75) is 44.9 Å². The topological polar surface area (TPSA) is 60.2 Å². The first-order valence-corrected chi connectivity index (χ1v) is 11.6. The van der Waals surface area contributed by atoms with Gasteiger partial charge in [-0.25, -0.2) is 0 Å². The van der Waals surface area contributed by atoms with Gasteiger partial charge in [-0.2, -0.15) is 0 Å². The van der Waals surface area contributed by atoms with Gasteiger partial charge in [-0.15, -0.1) is 0 Å². The number of amides is 1. The number of hydrogen-bond donors (Lipinski definition) is 1. The summed E-state index contributed by atoms with van der Waals surface area (Å²) in [6.07, 6.45) is 19.7. The lowest BCUT2D eigenvalue weighted by molar-refractivity contribution is 0.0973. The minimum absolute atomic E-state index is 0.0848. The van der Waals surface area contributed by atoms with Crippen molar-refractivity contribution in [2.24, 2.45) is 17.6 Å². The van der Waals surface area contributed by atoms with Crippen molar-refractivity contribution in [3.8, 4) is 0 Å². The monoisotopic (exact) mass is 425 g/mol. The molecule has 0 spiro atoms.